The molecule has 6 heteroatoms. The van der Waals surface area contributed by atoms with Crippen molar-refractivity contribution < 1.29 is 19.5 Å². The Hall–Kier alpha value is -2.37. The van der Waals surface area contributed by atoms with Gasteiger partial charge in [0.25, 0.3) is 0 Å². The van der Waals surface area contributed by atoms with E-state index in [1.807, 2.05) is 44.2 Å². The molecule has 1 aromatic carbocycles. The molecule has 0 aliphatic heterocycles. The van der Waals surface area contributed by atoms with Crippen molar-refractivity contribution >= 4 is 17.8 Å². The van der Waals surface area contributed by atoms with Gasteiger partial charge in [0, 0.05) is 12.3 Å². The highest BCUT2D eigenvalue weighted by molar-refractivity contribution is 5.89. The molecule has 1 fully saturated rings. The van der Waals surface area contributed by atoms with Gasteiger partial charge >= 0.3 is 5.97 Å². The number of carbonyl (C=O) groups is 3. The minimum atomic E-state index is -1.09. The Bertz CT molecular complexity index is 611. The number of amides is 2. The number of aliphatic carboxylic acids is 1. The standard InChI is InChI=1S/C19H26N2O4/c1-13(2)12-16(19(24)25)21(18(23)15-9-10-15)20-17(22)11-8-14-6-4-3-5-7-14/h3-7,13,15-16H,8-12H2,1-2H3,(H,20,22)(H,24,25). The predicted molar refractivity (Wildman–Crippen MR) is 93.4 cm³/mol. The highest BCUT2D eigenvalue weighted by atomic mass is 16.4. The third-order valence-corrected chi connectivity index (χ3v) is 4.18. The molecule has 0 spiro atoms. The molecular formula is C19H26N2O4. The lowest BCUT2D eigenvalue weighted by atomic mass is 10.0. The first-order chi connectivity index (χ1) is 11.9. The zero-order chi connectivity index (χ0) is 18.4. The van der Waals surface area contributed by atoms with Crippen molar-refractivity contribution in [2.24, 2.45) is 11.8 Å². The van der Waals surface area contributed by atoms with Crippen molar-refractivity contribution in [3.8, 4) is 0 Å². The Balaban J connectivity index is 2.02. The fourth-order valence-electron chi connectivity index (χ4n) is 2.67. The lowest BCUT2D eigenvalue weighted by molar-refractivity contribution is -0.157. The van der Waals surface area contributed by atoms with Gasteiger partial charge < -0.3 is 5.11 Å². The van der Waals surface area contributed by atoms with E-state index in [0.29, 0.717) is 12.8 Å². The Morgan fingerprint density at radius 1 is 1.20 bits per heavy atom. The Kier molecular flexibility index (Phi) is 6.56. The van der Waals surface area contributed by atoms with E-state index in [9.17, 15) is 19.5 Å². The fourth-order valence-corrected chi connectivity index (χ4v) is 2.67. The molecule has 1 unspecified atom stereocenters. The normalized spacial score (nSPS) is 14.8. The molecule has 136 valence electrons. The minimum Gasteiger partial charge on any atom is -0.480 e. The number of hydrogen-bond donors (Lipinski definition) is 2. The summed E-state index contributed by atoms with van der Waals surface area (Å²) in [4.78, 5) is 36.4. The summed E-state index contributed by atoms with van der Waals surface area (Å²) >= 11 is 0. The fraction of sp³-hybridized carbons (Fsp3) is 0.526. The number of nitrogens with one attached hydrogen (secondary N) is 1. The summed E-state index contributed by atoms with van der Waals surface area (Å²) in [5.74, 6) is -1.79. The van der Waals surface area contributed by atoms with Gasteiger partial charge in [0.1, 0.15) is 0 Å². The average molecular weight is 346 g/mol. The van der Waals surface area contributed by atoms with Crippen LogP contribution in [0, 0.1) is 11.8 Å². The van der Waals surface area contributed by atoms with Crippen molar-refractivity contribution in [2.75, 3.05) is 0 Å². The van der Waals surface area contributed by atoms with Crippen LogP contribution < -0.4 is 5.43 Å². The van der Waals surface area contributed by atoms with E-state index in [2.05, 4.69) is 5.43 Å². The smallest absolute Gasteiger partial charge is 0.328 e. The molecule has 1 atom stereocenters. The first kappa shape index (κ1) is 19.0. The first-order valence-electron chi connectivity index (χ1n) is 8.77. The van der Waals surface area contributed by atoms with E-state index in [1.165, 1.54) is 0 Å². The summed E-state index contributed by atoms with van der Waals surface area (Å²) in [6, 6.07) is 8.54. The number of carboxylic acids is 1. The van der Waals surface area contributed by atoms with E-state index >= 15 is 0 Å². The number of hydrazine groups is 1. The van der Waals surface area contributed by atoms with Crippen molar-refractivity contribution in [3.63, 3.8) is 0 Å². The second-order valence-electron chi connectivity index (χ2n) is 6.99. The van der Waals surface area contributed by atoms with Crippen LogP contribution >= 0.6 is 0 Å². The maximum Gasteiger partial charge on any atom is 0.328 e. The van der Waals surface area contributed by atoms with Gasteiger partial charge in [-0.2, -0.15) is 0 Å². The van der Waals surface area contributed by atoms with Crippen molar-refractivity contribution in [1.29, 1.82) is 0 Å². The molecule has 0 radical (unpaired) electrons. The van der Waals surface area contributed by atoms with Crippen LogP contribution in [0.3, 0.4) is 0 Å². The second kappa shape index (κ2) is 8.65. The Morgan fingerprint density at radius 3 is 2.36 bits per heavy atom. The average Bonchev–Trinajstić information content (AvgIpc) is 3.41. The molecule has 1 aliphatic rings. The summed E-state index contributed by atoms with van der Waals surface area (Å²) in [5.41, 5.74) is 3.58. The number of benzene rings is 1. The van der Waals surface area contributed by atoms with Crippen LogP contribution in [0.4, 0.5) is 0 Å². The largest absolute Gasteiger partial charge is 0.480 e. The molecule has 0 saturated heterocycles. The monoisotopic (exact) mass is 346 g/mol. The van der Waals surface area contributed by atoms with Gasteiger partial charge in [-0.1, -0.05) is 44.2 Å². The summed E-state index contributed by atoms with van der Waals surface area (Å²) < 4.78 is 0. The van der Waals surface area contributed by atoms with Crippen molar-refractivity contribution in [3.05, 3.63) is 35.9 Å². The molecule has 1 aliphatic carbocycles. The zero-order valence-electron chi connectivity index (χ0n) is 14.8. The highest BCUT2D eigenvalue weighted by Crippen LogP contribution is 2.31. The van der Waals surface area contributed by atoms with E-state index in [-0.39, 0.29) is 30.1 Å². The van der Waals surface area contributed by atoms with Crippen LogP contribution in [0.1, 0.15) is 45.1 Å². The molecule has 0 aromatic heterocycles. The van der Waals surface area contributed by atoms with Gasteiger partial charge in [-0.15, -0.1) is 0 Å². The van der Waals surface area contributed by atoms with Crippen LogP contribution in [0.2, 0.25) is 0 Å². The summed E-state index contributed by atoms with van der Waals surface area (Å²) in [6.45, 7) is 3.79. The third kappa shape index (κ3) is 5.89. The van der Waals surface area contributed by atoms with Crippen LogP contribution in [0.15, 0.2) is 30.3 Å². The third-order valence-electron chi connectivity index (χ3n) is 4.18. The molecule has 2 amide bonds. The van der Waals surface area contributed by atoms with Crippen molar-refractivity contribution in [2.45, 2.75) is 52.0 Å². The molecule has 0 heterocycles. The van der Waals surface area contributed by atoms with Gasteiger partial charge in [-0.3, -0.25) is 15.0 Å². The summed E-state index contributed by atoms with van der Waals surface area (Å²) in [6.07, 6.45) is 2.55. The van der Waals surface area contributed by atoms with E-state index < -0.39 is 12.0 Å². The number of nitrogens with zero attached hydrogens (tertiary/aromatic N) is 1. The van der Waals surface area contributed by atoms with Gasteiger partial charge in [0.15, 0.2) is 6.04 Å². The molecule has 2 rings (SSSR count). The second-order valence-corrected chi connectivity index (χ2v) is 6.99. The molecule has 0 bridgehead atoms. The molecule has 6 nitrogen and oxygen atoms in total. The van der Waals surface area contributed by atoms with Gasteiger partial charge in [0.2, 0.25) is 11.8 Å². The number of carboxylic acid groups (broad SMARTS) is 1. The number of aryl methyl sites for hydroxylation is 1. The lowest BCUT2D eigenvalue weighted by Gasteiger charge is -2.30. The number of hydrogen-bond acceptors (Lipinski definition) is 3. The zero-order valence-corrected chi connectivity index (χ0v) is 14.8. The SMILES string of the molecule is CC(C)CC(C(=O)O)N(NC(=O)CCc1ccccc1)C(=O)C1CC1. The predicted octanol–water partition coefficient (Wildman–Crippen LogP) is 2.39. The first-order valence-corrected chi connectivity index (χ1v) is 8.77. The van der Waals surface area contributed by atoms with E-state index in [4.69, 9.17) is 0 Å². The minimum absolute atomic E-state index is 0.0943. The Morgan fingerprint density at radius 2 is 1.84 bits per heavy atom. The quantitative estimate of drug-likeness (QED) is 0.708. The van der Waals surface area contributed by atoms with Crippen LogP contribution in [0.25, 0.3) is 0 Å². The number of rotatable bonds is 8. The van der Waals surface area contributed by atoms with Gasteiger partial charge in [0.05, 0.1) is 0 Å². The van der Waals surface area contributed by atoms with Crippen LogP contribution in [-0.4, -0.2) is 33.9 Å². The maximum atomic E-state index is 12.5. The lowest BCUT2D eigenvalue weighted by Crippen LogP contribution is -2.55. The van der Waals surface area contributed by atoms with E-state index in [0.717, 1.165) is 23.4 Å². The number of carbonyl (C=O) groups excluding carboxylic acids is 2. The van der Waals surface area contributed by atoms with E-state index in [1.54, 1.807) is 0 Å². The Labute approximate surface area is 148 Å². The summed E-state index contributed by atoms with van der Waals surface area (Å²) in [5, 5.41) is 10.6. The molecular weight excluding hydrogens is 320 g/mol. The van der Waals surface area contributed by atoms with Crippen LogP contribution in [-0.2, 0) is 20.8 Å². The molecule has 25 heavy (non-hydrogen) atoms. The molecule has 1 saturated carbocycles. The topological polar surface area (TPSA) is 86.7 Å². The van der Waals surface area contributed by atoms with Gasteiger partial charge in [-0.05, 0) is 37.2 Å². The highest BCUT2D eigenvalue weighted by Gasteiger charge is 2.39. The van der Waals surface area contributed by atoms with Crippen molar-refractivity contribution in [1.82, 2.24) is 10.4 Å². The maximum absolute atomic E-state index is 12.5. The van der Waals surface area contributed by atoms with Gasteiger partial charge in [-0.25, -0.2) is 9.80 Å². The van der Waals surface area contributed by atoms with Crippen LogP contribution in [0.5, 0.6) is 0 Å². The summed E-state index contributed by atoms with van der Waals surface area (Å²) in [7, 11) is 0. The molecule has 2 N–H and O–H groups in total. The molecule has 1 aromatic rings.